The second kappa shape index (κ2) is 15.5. The van der Waals surface area contributed by atoms with E-state index in [0.29, 0.717) is 62.8 Å². The summed E-state index contributed by atoms with van der Waals surface area (Å²) in [6.45, 7) is 5.83. The van der Waals surface area contributed by atoms with Crippen LogP contribution in [-0.2, 0) is 16.4 Å². The van der Waals surface area contributed by atoms with E-state index >= 15 is 0 Å². The van der Waals surface area contributed by atoms with Gasteiger partial charge in [-0.1, -0.05) is 0 Å². The molecule has 0 spiro atoms. The number of aryl methyl sites for hydroxylation is 1. The minimum atomic E-state index is -4.85. The second-order valence-electron chi connectivity index (χ2n) is 15.0. The minimum Gasteiger partial charge on any atom is -0.488 e. The summed E-state index contributed by atoms with van der Waals surface area (Å²) in [5.41, 5.74) is 5.32. The minimum absolute atomic E-state index is 0.0684. The number of ether oxygens (including phenoxy) is 1. The lowest BCUT2D eigenvalue weighted by atomic mass is 9.98. The predicted octanol–water partition coefficient (Wildman–Crippen LogP) is 6.53. The molecule has 3 aliphatic rings. The summed E-state index contributed by atoms with van der Waals surface area (Å²) in [6.07, 6.45) is 7.39. The molecule has 300 valence electrons. The molecule has 5 heterocycles. The quantitative estimate of drug-likeness (QED) is 0.147. The summed E-state index contributed by atoms with van der Waals surface area (Å²) in [5.74, 6) is -0.345. The summed E-state index contributed by atoms with van der Waals surface area (Å²) < 4.78 is 61.5. The fourth-order valence-electron chi connectivity index (χ4n) is 7.56. The molecule has 14 nitrogen and oxygen atoms in total. The molecule has 19 heteroatoms. The third kappa shape index (κ3) is 8.58. The lowest BCUT2D eigenvalue weighted by Crippen LogP contribution is -2.56. The van der Waals surface area contributed by atoms with Crippen LogP contribution in [0.5, 0.6) is 5.75 Å². The number of fused-ring (bicyclic) bond motifs is 1. The van der Waals surface area contributed by atoms with Crippen LogP contribution in [0.4, 0.5) is 42.0 Å². The van der Waals surface area contributed by atoms with Crippen LogP contribution in [0.2, 0.25) is 0 Å². The maximum Gasteiger partial charge on any atom is 0.471 e. The average molecular weight is 869 g/mol. The number of rotatable bonds is 10. The average Bonchev–Trinajstić information content (AvgIpc) is 3.90. The summed E-state index contributed by atoms with van der Waals surface area (Å²) in [7, 11) is -0.953. The number of aromatic nitrogens is 6. The third-order valence-corrected chi connectivity index (χ3v) is 12.6. The highest BCUT2D eigenvalue weighted by Gasteiger charge is 2.43. The number of nitrogens with zero attached hydrogens (tertiary/aromatic N) is 9. The molecule has 8 rings (SSSR count). The molecule has 0 atom stereocenters. The first-order chi connectivity index (χ1) is 27.2. The van der Waals surface area contributed by atoms with Crippen molar-refractivity contribution in [3.05, 3.63) is 59.7 Å². The SMILES string of the molecule is Cn1cc(-c2cc(Nc3ncc(Br)c(Nc4ccc5nccnc5c4P(C)(C)=O)n3)c(OC3CC3)cc2N2CCC(N3CCN(C(=O)C(F)(F)F)CC3)CC2)cn1. The molecule has 57 heavy (non-hydrogen) atoms. The van der Waals surface area contributed by atoms with Crippen LogP contribution < -0.4 is 25.6 Å². The summed E-state index contributed by atoms with van der Waals surface area (Å²) >= 11 is 3.59. The number of benzene rings is 2. The van der Waals surface area contributed by atoms with Gasteiger partial charge in [-0.25, -0.2) is 4.98 Å². The van der Waals surface area contributed by atoms with Gasteiger partial charge in [0.15, 0.2) is 0 Å². The van der Waals surface area contributed by atoms with Crippen LogP contribution in [0.1, 0.15) is 25.7 Å². The van der Waals surface area contributed by atoms with Gasteiger partial charge in [0.05, 0.1) is 39.0 Å². The number of nitrogens with one attached hydrogen (secondary N) is 2. The number of hydrogen-bond donors (Lipinski definition) is 2. The Morgan fingerprint density at radius 2 is 1.67 bits per heavy atom. The fourth-order valence-corrected chi connectivity index (χ4v) is 9.24. The van der Waals surface area contributed by atoms with Crippen molar-refractivity contribution in [3.8, 4) is 16.9 Å². The topological polar surface area (TPSA) is 147 Å². The Kier molecular flexibility index (Phi) is 10.6. The molecule has 5 aromatic rings. The van der Waals surface area contributed by atoms with Gasteiger partial charge in [0, 0.05) is 100 Å². The van der Waals surface area contributed by atoms with Crippen LogP contribution in [-0.4, -0.2) is 116 Å². The summed E-state index contributed by atoms with van der Waals surface area (Å²) in [6, 6.07) is 7.96. The molecule has 3 aromatic heterocycles. The van der Waals surface area contributed by atoms with Crippen molar-refractivity contribution in [1.29, 1.82) is 0 Å². The van der Waals surface area contributed by atoms with Gasteiger partial charge in [-0.2, -0.15) is 23.3 Å². The zero-order valence-electron chi connectivity index (χ0n) is 31.6. The number of alkyl halides is 3. The van der Waals surface area contributed by atoms with E-state index in [2.05, 4.69) is 62.5 Å². The lowest BCUT2D eigenvalue weighted by Gasteiger charge is -2.43. The molecule has 1 amide bonds. The van der Waals surface area contributed by atoms with Gasteiger partial charge < -0.3 is 29.7 Å². The summed E-state index contributed by atoms with van der Waals surface area (Å²) in [4.78, 5) is 35.5. The molecule has 2 aliphatic heterocycles. The molecule has 1 aliphatic carbocycles. The van der Waals surface area contributed by atoms with Crippen molar-refractivity contribution in [2.24, 2.45) is 7.05 Å². The molecular formula is C38H42BrF3N11O3P. The third-order valence-electron chi connectivity index (χ3n) is 10.5. The van der Waals surface area contributed by atoms with Gasteiger partial charge in [-0.15, -0.1) is 0 Å². The smallest absolute Gasteiger partial charge is 0.471 e. The van der Waals surface area contributed by atoms with Crippen molar-refractivity contribution in [2.45, 2.75) is 44.0 Å². The Hall–Kier alpha value is -4.80. The van der Waals surface area contributed by atoms with Gasteiger partial charge in [-0.05, 0) is 73.1 Å². The first-order valence-electron chi connectivity index (χ1n) is 18.8. The van der Waals surface area contributed by atoms with E-state index in [4.69, 9.17) is 9.72 Å². The van der Waals surface area contributed by atoms with E-state index in [1.807, 2.05) is 37.6 Å². The van der Waals surface area contributed by atoms with Crippen molar-refractivity contribution in [1.82, 2.24) is 39.5 Å². The lowest BCUT2D eigenvalue weighted by molar-refractivity contribution is -0.187. The Balaban J connectivity index is 1.06. The predicted molar refractivity (Wildman–Crippen MR) is 217 cm³/mol. The number of carbonyl (C=O) groups excluding carboxylic acids is 1. The number of anilines is 5. The maximum absolute atomic E-state index is 13.6. The first kappa shape index (κ1) is 39.0. The molecule has 1 saturated carbocycles. The molecular weight excluding hydrogens is 826 g/mol. The van der Waals surface area contributed by atoms with Crippen molar-refractivity contribution in [3.63, 3.8) is 0 Å². The maximum atomic E-state index is 13.6. The number of hydrogen-bond acceptors (Lipinski definition) is 12. The largest absolute Gasteiger partial charge is 0.488 e. The second-order valence-corrected chi connectivity index (χ2v) is 19.0. The summed E-state index contributed by atoms with van der Waals surface area (Å²) in [5, 5.41) is 11.8. The normalized spacial score (nSPS) is 17.2. The standard InChI is InChI=1S/C38H42BrF3N11O3P/c1-50-22-23(20-46-50)26-18-30(48-37-45-21-27(39)35(49-37)47-29-7-6-28-33(44-11-10-43-28)34(29)57(2,3)55)32(56-25-4-5-25)19-31(26)52-12-8-24(9-13-52)51-14-16-53(17-15-51)36(54)38(40,41)42/h6-7,10-11,18-22,24-25H,4-5,8-9,12-17H2,1-3H3,(H2,45,47,48,49). The number of amides is 1. The number of carbonyl (C=O) groups is 1. The van der Waals surface area contributed by atoms with Gasteiger partial charge in [0.1, 0.15) is 24.2 Å². The number of piperazine rings is 1. The van der Waals surface area contributed by atoms with E-state index < -0.39 is 19.2 Å². The molecule has 0 bridgehead atoms. The van der Waals surface area contributed by atoms with E-state index in [0.717, 1.165) is 60.5 Å². The fraction of sp³-hybridized carbons (Fsp3) is 0.421. The Morgan fingerprint density at radius 1 is 0.930 bits per heavy atom. The van der Waals surface area contributed by atoms with Gasteiger partial charge in [-0.3, -0.25) is 24.3 Å². The van der Waals surface area contributed by atoms with Crippen LogP contribution in [0.3, 0.4) is 0 Å². The molecule has 0 radical (unpaired) electrons. The zero-order valence-corrected chi connectivity index (χ0v) is 34.1. The molecule has 2 aromatic carbocycles. The van der Waals surface area contributed by atoms with Gasteiger partial charge in [0.25, 0.3) is 0 Å². The number of halogens is 4. The number of piperidine rings is 1. The van der Waals surface area contributed by atoms with Gasteiger partial charge >= 0.3 is 12.1 Å². The first-order valence-corrected chi connectivity index (χ1v) is 22.2. The van der Waals surface area contributed by atoms with Gasteiger partial charge in [0.2, 0.25) is 5.95 Å². The van der Waals surface area contributed by atoms with E-state index in [1.165, 1.54) is 0 Å². The van der Waals surface area contributed by atoms with Crippen molar-refractivity contribution in [2.75, 3.05) is 68.1 Å². The molecule has 2 N–H and O–H groups in total. The zero-order chi connectivity index (χ0) is 40.1. The van der Waals surface area contributed by atoms with Crippen molar-refractivity contribution >= 4 is 74.1 Å². The monoisotopic (exact) mass is 867 g/mol. The van der Waals surface area contributed by atoms with Crippen LogP contribution in [0, 0.1) is 0 Å². The van der Waals surface area contributed by atoms with Crippen LogP contribution in [0.25, 0.3) is 22.2 Å². The Labute approximate surface area is 335 Å². The Morgan fingerprint density at radius 3 is 2.33 bits per heavy atom. The molecule has 2 saturated heterocycles. The molecule has 0 unspecified atom stereocenters. The highest BCUT2D eigenvalue weighted by molar-refractivity contribution is 9.10. The highest BCUT2D eigenvalue weighted by atomic mass is 79.9. The van der Waals surface area contributed by atoms with E-state index in [-0.39, 0.29) is 25.2 Å². The van der Waals surface area contributed by atoms with Crippen LogP contribution >= 0.6 is 23.1 Å². The van der Waals surface area contributed by atoms with E-state index in [1.54, 1.807) is 36.6 Å². The highest BCUT2D eigenvalue weighted by Crippen LogP contribution is 2.44. The Bertz CT molecular complexity index is 2350. The van der Waals surface area contributed by atoms with E-state index in [9.17, 15) is 22.5 Å². The van der Waals surface area contributed by atoms with Crippen molar-refractivity contribution < 1.29 is 27.3 Å². The van der Waals surface area contributed by atoms with Crippen LogP contribution in [0.15, 0.2) is 59.7 Å². The molecule has 3 fully saturated rings.